The highest BCUT2D eigenvalue weighted by Crippen LogP contribution is 2.43. The van der Waals surface area contributed by atoms with Crippen LogP contribution in [0.3, 0.4) is 0 Å². The van der Waals surface area contributed by atoms with E-state index in [0.717, 1.165) is 5.56 Å². The molecule has 0 aliphatic carbocycles. The number of aryl methyl sites for hydroxylation is 1. The predicted molar refractivity (Wildman–Crippen MR) is 71.3 cm³/mol. The van der Waals surface area contributed by atoms with Crippen molar-refractivity contribution in [1.82, 2.24) is 10.3 Å². The number of halogens is 4. The van der Waals surface area contributed by atoms with E-state index in [1.807, 2.05) is 0 Å². The Balaban J connectivity index is 2.23. The van der Waals surface area contributed by atoms with Gasteiger partial charge in [-0.15, -0.1) is 0 Å². The van der Waals surface area contributed by atoms with Gasteiger partial charge in [-0.3, -0.25) is 4.79 Å². The first-order chi connectivity index (χ1) is 9.26. The van der Waals surface area contributed by atoms with Crippen molar-refractivity contribution in [2.45, 2.75) is 19.5 Å². The van der Waals surface area contributed by atoms with Crippen LogP contribution in [0.25, 0.3) is 0 Å². The zero-order valence-corrected chi connectivity index (χ0v) is 12.2. The van der Waals surface area contributed by atoms with E-state index in [2.05, 4.69) is 31.5 Å². The average molecular weight is 352 g/mol. The number of nitrogens with zero attached hydrogens (tertiary/aromatic N) is 1. The van der Waals surface area contributed by atoms with E-state index in [1.165, 1.54) is 6.20 Å². The third-order valence-corrected chi connectivity index (χ3v) is 4.24. The fourth-order valence-corrected chi connectivity index (χ4v) is 2.35. The van der Waals surface area contributed by atoms with Crippen molar-refractivity contribution >= 4 is 27.5 Å². The number of anilines is 1. The summed E-state index contributed by atoms with van der Waals surface area (Å²) in [6, 6.07) is 1.57. The monoisotopic (exact) mass is 351 g/mol. The van der Waals surface area contributed by atoms with Crippen LogP contribution in [0.15, 0.2) is 16.9 Å². The van der Waals surface area contributed by atoms with Crippen molar-refractivity contribution in [2.24, 2.45) is 5.41 Å². The number of nitrogens with one attached hydrogen (secondary N) is 2. The lowest BCUT2D eigenvalue weighted by Gasteiger charge is -2.29. The van der Waals surface area contributed by atoms with Crippen molar-refractivity contribution in [3.63, 3.8) is 0 Å². The fourth-order valence-electron chi connectivity index (χ4n) is 2.13. The van der Waals surface area contributed by atoms with Crippen LogP contribution in [-0.4, -0.2) is 30.2 Å². The van der Waals surface area contributed by atoms with E-state index in [9.17, 15) is 18.0 Å². The SMILES string of the molecule is Cc1cc(NC(=O)C2(C(F)(F)F)CCNC2)cnc1Br. The molecule has 1 amide bonds. The Morgan fingerprint density at radius 3 is 2.75 bits per heavy atom. The molecule has 2 heterocycles. The van der Waals surface area contributed by atoms with Crippen molar-refractivity contribution in [2.75, 3.05) is 18.4 Å². The van der Waals surface area contributed by atoms with Crippen LogP contribution in [0.2, 0.25) is 0 Å². The maximum absolute atomic E-state index is 13.2. The van der Waals surface area contributed by atoms with E-state index in [1.54, 1.807) is 13.0 Å². The third kappa shape index (κ3) is 2.67. The number of carbonyl (C=O) groups is 1. The maximum Gasteiger partial charge on any atom is 0.404 e. The average Bonchev–Trinajstić information content (AvgIpc) is 2.84. The normalized spacial score (nSPS) is 22.9. The quantitative estimate of drug-likeness (QED) is 0.805. The first kappa shape index (κ1) is 15.2. The first-order valence-corrected chi connectivity index (χ1v) is 6.77. The number of carbonyl (C=O) groups excluding carboxylic acids is 1. The van der Waals surface area contributed by atoms with Crippen molar-refractivity contribution in [3.8, 4) is 0 Å². The van der Waals surface area contributed by atoms with Crippen LogP contribution in [0.4, 0.5) is 18.9 Å². The van der Waals surface area contributed by atoms with Crippen LogP contribution >= 0.6 is 15.9 Å². The highest BCUT2D eigenvalue weighted by Gasteiger charge is 2.61. The molecule has 1 atom stereocenters. The van der Waals surface area contributed by atoms with E-state index >= 15 is 0 Å². The van der Waals surface area contributed by atoms with Gasteiger partial charge in [0.05, 0.1) is 11.9 Å². The Hall–Kier alpha value is -1.15. The second-order valence-corrected chi connectivity index (χ2v) is 5.54. The van der Waals surface area contributed by atoms with Gasteiger partial charge in [-0.05, 0) is 47.4 Å². The highest BCUT2D eigenvalue weighted by molar-refractivity contribution is 9.10. The Bertz CT molecular complexity index is 527. The largest absolute Gasteiger partial charge is 0.404 e. The molecule has 0 aromatic carbocycles. The lowest BCUT2D eigenvalue weighted by Crippen LogP contribution is -2.49. The zero-order chi connectivity index (χ0) is 15.0. The molecule has 1 aliphatic heterocycles. The molecule has 1 unspecified atom stereocenters. The lowest BCUT2D eigenvalue weighted by atomic mass is 9.85. The fraction of sp³-hybridized carbons (Fsp3) is 0.500. The third-order valence-electron chi connectivity index (χ3n) is 3.40. The van der Waals surface area contributed by atoms with Crippen LogP contribution in [0, 0.1) is 12.3 Å². The van der Waals surface area contributed by atoms with Gasteiger partial charge in [0.25, 0.3) is 0 Å². The first-order valence-electron chi connectivity index (χ1n) is 5.97. The van der Waals surface area contributed by atoms with Gasteiger partial charge in [0, 0.05) is 6.54 Å². The summed E-state index contributed by atoms with van der Waals surface area (Å²) in [5.41, 5.74) is -1.38. The molecule has 1 saturated heterocycles. The topological polar surface area (TPSA) is 54.0 Å². The molecule has 110 valence electrons. The molecule has 4 nitrogen and oxygen atoms in total. The number of pyridine rings is 1. The molecule has 1 fully saturated rings. The van der Waals surface area contributed by atoms with Crippen molar-refractivity contribution in [1.29, 1.82) is 0 Å². The molecule has 1 aromatic heterocycles. The van der Waals surface area contributed by atoms with Crippen LogP contribution in [0.1, 0.15) is 12.0 Å². The number of rotatable bonds is 2. The van der Waals surface area contributed by atoms with Gasteiger partial charge >= 0.3 is 6.18 Å². The molecule has 0 radical (unpaired) electrons. The Morgan fingerprint density at radius 2 is 2.25 bits per heavy atom. The Kier molecular flexibility index (Phi) is 4.06. The summed E-state index contributed by atoms with van der Waals surface area (Å²) in [6.45, 7) is 1.51. The van der Waals surface area contributed by atoms with Gasteiger partial charge in [-0.25, -0.2) is 4.98 Å². The van der Waals surface area contributed by atoms with Gasteiger partial charge in [0.1, 0.15) is 4.60 Å². The van der Waals surface area contributed by atoms with Gasteiger partial charge in [-0.2, -0.15) is 13.2 Å². The van der Waals surface area contributed by atoms with Crippen LogP contribution in [0.5, 0.6) is 0 Å². The number of aromatic nitrogens is 1. The minimum Gasteiger partial charge on any atom is -0.324 e. The van der Waals surface area contributed by atoms with Gasteiger partial charge < -0.3 is 10.6 Å². The summed E-state index contributed by atoms with van der Waals surface area (Å²) in [7, 11) is 0. The zero-order valence-electron chi connectivity index (χ0n) is 10.6. The van der Waals surface area contributed by atoms with Gasteiger partial charge in [0.15, 0.2) is 5.41 Å². The lowest BCUT2D eigenvalue weighted by molar-refractivity contribution is -0.213. The molecular formula is C12H13BrF3N3O. The summed E-state index contributed by atoms with van der Waals surface area (Å²) < 4.78 is 40.2. The van der Waals surface area contributed by atoms with E-state index < -0.39 is 24.0 Å². The number of hydrogen-bond acceptors (Lipinski definition) is 3. The molecule has 2 rings (SSSR count). The molecule has 1 aliphatic rings. The van der Waals surface area contributed by atoms with Gasteiger partial charge in [-0.1, -0.05) is 0 Å². The maximum atomic E-state index is 13.2. The molecule has 0 saturated carbocycles. The molecule has 0 spiro atoms. The van der Waals surface area contributed by atoms with Gasteiger partial charge in [0.2, 0.25) is 5.91 Å². The minimum atomic E-state index is -4.58. The van der Waals surface area contributed by atoms with E-state index in [4.69, 9.17) is 0 Å². The second-order valence-electron chi connectivity index (χ2n) is 4.79. The minimum absolute atomic E-state index is 0.171. The summed E-state index contributed by atoms with van der Waals surface area (Å²) >= 11 is 3.19. The van der Waals surface area contributed by atoms with E-state index in [-0.39, 0.29) is 18.7 Å². The van der Waals surface area contributed by atoms with E-state index in [0.29, 0.717) is 4.60 Å². The molecule has 8 heteroatoms. The Labute approximate surface area is 122 Å². The number of alkyl halides is 3. The summed E-state index contributed by atoms with van der Waals surface area (Å²) in [4.78, 5) is 16.0. The molecule has 1 aromatic rings. The smallest absolute Gasteiger partial charge is 0.324 e. The molecule has 2 N–H and O–H groups in total. The summed E-state index contributed by atoms with van der Waals surface area (Å²) in [5, 5.41) is 4.92. The second kappa shape index (κ2) is 5.33. The van der Waals surface area contributed by atoms with Crippen molar-refractivity contribution in [3.05, 3.63) is 22.4 Å². The Morgan fingerprint density at radius 1 is 1.55 bits per heavy atom. The number of hydrogen-bond donors (Lipinski definition) is 2. The highest BCUT2D eigenvalue weighted by atomic mass is 79.9. The van der Waals surface area contributed by atoms with Crippen molar-refractivity contribution < 1.29 is 18.0 Å². The van der Waals surface area contributed by atoms with Crippen LogP contribution < -0.4 is 10.6 Å². The summed E-state index contributed by atoms with van der Waals surface area (Å²) in [6.07, 6.45) is -3.52. The molecule has 0 bridgehead atoms. The molecular weight excluding hydrogens is 339 g/mol. The predicted octanol–water partition coefficient (Wildman–Crippen LogP) is 2.63. The molecule has 20 heavy (non-hydrogen) atoms. The standard InChI is InChI=1S/C12H13BrF3N3O/c1-7-4-8(5-18-9(7)13)19-10(20)11(12(14,15)16)2-3-17-6-11/h4-5,17H,2-3,6H2,1H3,(H,19,20). The summed E-state index contributed by atoms with van der Waals surface area (Å²) in [5.74, 6) is -1.04. The van der Waals surface area contributed by atoms with Crippen LogP contribution in [-0.2, 0) is 4.79 Å². The number of amides is 1.